The highest BCUT2D eigenvalue weighted by Crippen LogP contribution is 2.10. The lowest BCUT2D eigenvalue weighted by Crippen LogP contribution is -2.53. The van der Waals surface area contributed by atoms with Crippen LogP contribution in [0.2, 0.25) is 0 Å². The Morgan fingerprint density at radius 2 is 2.26 bits per heavy atom. The summed E-state index contributed by atoms with van der Waals surface area (Å²) in [5, 5.41) is 3.52. The maximum Gasteiger partial charge on any atom is 0.193 e. The summed E-state index contributed by atoms with van der Waals surface area (Å²) >= 11 is 0. The van der Waals surface area contributed by atoms with Crippen molar-refractivity contribution >= 4 is 5.96 Å². The van der Waals surface area contributed by atoms with Gasteiger partial charge in [-0.3, -0.25) is 9.89 Å². The molecule has 1 fully saturated rings. The first-order chi connectivity index (χ1) is 11.1. The van der Waals surface area contributed by atoms with Crippen LogP contribution in [-0.4, -0.2) is 74.8 Å². The van der Waals surface area contributed by atoms with Crippen molar-refractivity contribution in [2.24, 2.45) is 4.99 Å². The molecule has 0 bridgehead atoms. The van der Waals surface area contributed by atoms with Crippen LogP contribution in [0.5, 0.6) is 0 Å². The molecule has 23 heavy (non-hydrogen) atoms. The Hall–Kier alpha value is -1.07. The summed E-state index contributed by atoms with van der Waals surface area (Å²) in [5.74, 6) is 0.987. The van der Waals surface area contributed by atoms with E-state index in [1.165, 1.54) is 19.3 Å². The number of hydrogen-bond acceptors (Lipinski definition) is 3. The summed E-state index contributed by atoms with van der Waals surface area (Å²) in [7, 11) is 3.98. The molecule has 1 aliphatic heterocycles. The topological polar surface area (TPSA) is 40.1 Å². The quantitative estimate of drug-likeness (QED) is 0.306. The number of unbranched alkanes of at least 4 members (excludes halogenated alkanes) is 3. The van der Waals surface area contributed by atoms with Crippen molar-refractivity contribution < 1.29 is 4.74 Å². The highest BCUT2D eigenvalue weighted by atomic mass is 16.5. The summed E-state index contributed by atoms with van der Waals surface area (Å²) in [4.78, 5) is 9.15. The van der Waals surface area contributed by atoms with E-state index < -0.39 is 0 Å². The number of morpholine rings is 1. The van der Waals surface area contributed by atoms with E-state index in [1.807, 2.05) is 13.1 Å². The molecule has 5 heteroatoms. The van der Waals surface area contributed by atoms with E-state index in [0.717, 1.165) is 45.2 Å². The first kappa shape index (κ1) is 20.0. The number of guanidine groups is 1. The predicted octanol–water partition coefficient (Wildman–Crippen LogP) is 2.35. The van der Waals surface area contributed by atoms with Crippen LogP contribution in [0.3, 0.4) is 0 Å². The van der Waals surface area contributed by atoms with Crippen LogP contribution < -0.4 is 5.32 Å². The molecule has 0 aliphatic carbocycles. The fourth-order valence-corrected chi connectivity index (χ4v) is 3.06. The van der Waals surface area contributed by atoms with E-state index in [-0.39, 0.29) is 0 Å². The van der Waals surface area contributed by atoms with Crippen molar-refractivity contribution in [3.05, 3.63) is 12.7 Å². The first-order valence-corrected chi connectivity index (χ1v) is 8.96. The molecule has 134 valence electrons. The highest BCUT2D eigenvalue weighted by Gasteiger charge is 2.23. The molecule has 1 aliphatic rings. The van der Waals surface area contributed by atoms with Crippen molar-refractivity contribution in [1.82, 2.24) is 15.1 Å². The zero-order valence-corrected chi connectivity index (χ0v) is 15.6. The summed E-state index contributed by atoms with van der Waals surface area (Å²) in [6.45, 7) is 12.9. The molecule has 1 rings (SSSR count). The molecular weight excluding hydrogens is 288 g/mol. The molecule has 0 radical (unpaired) electrons. The lowest BCUT2D eigenvalue weighted by molar-refractivity contribution is -0.0174. The van der Waals surface area contributed by atoms with Crippen LogP contribution in [0.1, 0.15) is 39.5 Å². The molecular formula is C18H36N4O. The lowest BCUT2D eigenvalue weighted by Gasteiger charge is -2.38. The summed E-state index contributed by atoms with van der Waals surface area (Å²) < 4.78 is 5.52. The zero-order valence-electron chi connectivity index (χ0n) is 15.6. The number of aliphatic imine (C=N–C) groups is 1. The van der Waals surface area contributed by atoms with E-state index in [2.05, 4.69) is 47.6 Å². The molecule has 1 saturated heterocycles. The fourth-order valence-electron chi connectivity index (χ4n) is 3.06. The second-order valence-corrected chi connectivity index (χ2v) is 6.50. The highest BCUT2D eigenvalue weighted by molar-refractivity contribution is 5.79. The van der Waals surface area contributed by atoms with E-state index in [4.69, 9.17) is 4.74 Å². The monoisotopic (exact) mass is 324 g/mol. The van der Waals surface area contributed by atoms with Crippen LogP contribution in [0.4, 0.5) is 0 Å². The predicted molar refractivity (Wildman–Crippen MR) is 99.1 cm³/mol. The number of hydrogen-bond donors (Lipinski definition) is 1. The van der Waals surface area contributed by atoms with Gasteiger partial charge in [0.15, 0.2) is 5.96 Å². The van der Waals surface area contributed by atoms with Gasteiger partial charge in [-0.15, -0.1) is 6.58 Å². The van der Waals surface area contributed by atoms with Gasteiger partial charge < -0.3 is 15.0 Å². The molecule has 0 aromatic heterocycles. The molecule has 0 aromatic rings. The van der Waals surface area contributed by atoms with Crippen LogP contribution >= 0.6 is 0 Å². The number of nitrogens with one attached hydrogen (secondary N) is 1. The number of allylic oxidation sites excluding steroid dienone is 1. The van der Waals surface area contributed by atoms with Gasteiger partial charge in [0.05, 0.1) is 13.2 Å². The molecule has 5 nitrogen and oxygen atoms in total. The molecule has 0 amide bonds. The normalized spacial score (nSPS) is 21.0. The number of ether oxygens (including phenoxy) is 1. The van der Waals surface area contributed by atoms with E-state index in [1.54, 1.807) is 0 Å². The Morgan fingerprint density at radius 3 is 2.91 bits per heavy atom. The molecule has 2 atom stereocenters. The third kappa shape index (κ3) is 7.36. The second kappa shape index (κ2) is 11.5. The minimum absolute atomic E-state index is 0.478. The minimum atomic E-state index is 0.478. The summed E-state index contributed by atoms with van der Waals surface area (Å²) in [6.07, 6.45) is 6.79. The minimum Gasteiger partial charge on any atom is -0.379 e. The maximum atomic E-state index is 5.52. The molecule has 1 N–H and O–H groups in total. The van der Waals surface area contributed by atoms with Gasteiger partial charge in [0.2, 0.25) is 0 Å². The lowest BCUT2D eigenvalue weighted by atomic mass is 10.2. The molecule has 0 aromatic carbocycles. The van der Waals surface area contributed by atoms with Crippen LogP contribution in [-0.2, 0) is 4.74 Å². The third-order valence-electron chi connectivity index (χ3n) is 4.52. The second-order valence-electron chi connectivity index (χ2n) is 6.50. The Balaban J connectivity index is 2.30. The van der Waals surface area contributed by atoms with Gasteiger partial charge in [-0.2, -0.15) is 0 Å². The van der Waals surface area contributed by atoms with Gasteiger partial charge in [-0.05, 0) is 33.1 Å². The van der Waals surface area contributed by atoms with Gasteiger partial charge in [0.25, 0.3) is 0 Å². The van der Waals surface area contributed by atoms with Crippen LogP contribution in [0, 0.1) is 0 Å². The largest absolute Gasteiger partial charge is 0.379 e. The van der Waals surface area contributed by atoms with Crippen molar-refractivity contribution in [2.75, 3.05) is 46.9 Å². The van der Waals surface area contributed by atoms with E-state index in [9.17, 15) is 0 Å². The Bertz CT molecular complexity index is 359. The number of nitrogens with zero attached hydrogens (tertiary/aromatic N) is 3. The Kier molecular flexibility index (Phi) is 9.96. The molecule has 1 heterocycles. The standard InChI is InChI=1S/C18H36N4O/c1-6-7-8-9-10-11-21(5)18(19-4)20-14-16(2)22-12-13-23-15-17(22)3/h6,16-17H,1,7-15H2,2-5H3,(H,19,20). The number of rotatable bonds is 9. The first-order valence-electron chi connectivity index (χ1n) is 8.96. The average molecular weight is 325 g/mol. The summed E-state index contributed by atoms with van der Waals surface area (Å²) in [5.41, 5.74) is 0. The smallest absolute Gasteiger partial charge is 0.193 e. The van der Waals surface area contributed by atoms with Crippen LogP contribution in [0.15, 0.2) is 17.6 Å². The van der Waals surface area contributed by atoms with E-state index >= 15 is 0 Å². The molecule has 0 saturated carbocycles. The van der Waals surface area contributed by atoms with Crippen molar-refractivity contribution in [3.63, 3.8) is 0 Å². The zero-order chi connectivity index (χ0) is 17.1. The average Bonchev–Trinajstić information content (AvgIpc) is 2.55. The maximum absolute atomic E-state index is 5.52. The van der Waals surface area contributed by atoms with E-state index in [0.29, 0.717) is 12.1 Å². The van der Waals surface area contributed by atoms with Crippen molar-refractivity contribution in [3.8, 4) is 0 Å². The van der Waals surface area contributed by atoms with Gasteiger partial charge in [-0.25, -0.2) is 0 Å². The van der Waals surface area contributed by atoms with Gasteiger partial charge in [0, 0.05) is 45.8 Å². The molecule has 2 unspecified atom stereocenters. The fraction of sp³-hybridized carbons (Fsp3) is 0.833. The SMILES string of the molecule is C=CCCCCCN(C)C(=NC)NCC(C)N1CCOCC1C. The summed E-state index contributed by atoms with van der Waals surface area (Å²) in [6, 6.07) is 0.969. The Morgan fingerprint density at radius 1 is 1.48 bits per heavy atom. The van der Waals surface area contributed by atoms with Crippen LogP contribution in [0.25, 0.3) is 0 Å². The Labute approximate surface area is 142 Å². The third-order valence-corrected chi connectivity index (χ3v) is 4.52. The van der Waals surface area contributed by atoms with Gasteiger partial charge in [0.1, 0.15) is 0 Å². The van der Waals surface area contributed by atoms with Gasteiger partial charge >= 0.3 is 0 Å². The molecule has 0 spiro atoms. The van der Waals surface area contributed by atoms with Gasteiger partial charge in [-0.1, -0.05) is 12.5 Å². The van der Waals surface area contributed by atoms with Crippen molar-refractivity contribution in [1.29, 1.82) is 0 Å². The van der Waals surface area contributed by atoms with Crippen molar-refractivity contribution in [2.45, 2.75) is 51.6 Å².